The third-order valence-electron chi connectivity index (χ3n) is 4.94. The van der Waals surface area contributed by atoms with Gasteiger partial charge in [0.1, 0.15) is 5.82 Å². The molecule has 2 aromatic carbocycles. The highest BCUT2D eigenvalue weighted by Crippen LogP contribution is 2.34. The number of aryl methyl sites for hydroxylation is 3. The van der Waals surface area contributed by atoms with E-state index in [2.05, 4.69) is 4.98 Å². The second-order valence-electron chi connectivity index (χ2n) is 7.08. The Morgan fingerprint density at radius 3 is 2.73 bits per heavy atom. The van der Waals surface area contributed by atoms with Gasteiger partial charge in [-0.15, -0.1) is 0 Å². The molecule has 0 saturated heterocycles. The maximum Gasteiger partial charge on any atom is 0.264 e. The van der Waals surface area contributed by atoms with Crippen LogP contribution in [0.2, 0.25) is 5.02 Å². The summed E-state index contributed by atoms with van der Waals surface area (Å²) >= 11 is 7.62. The number of nitrogens with zero attached hydrogens (tertiary/aromatic N) is 4. The van der Waals surface area contributed by atoms with Crippen LogP contribution in [-0.2, 0) is 6.54 Å². The van der Waals surface area contributed by atoms with Gasteiger partial charge in [0.25, 0.3) is 5.91 Å². The lowest BCUT2D eigenvalue weighted by Crippen LogP contribution is -2.33. The summed E-state index contributed by atoms with van der Waals surface area (Å²) in [6.45, 7) is 5.06. The highest BCUT2D eigenvalue weighted by Gasteiger charge is 2.26. The molecule has 0 aliphatic carbocycles. The van der Waals surface area contributed by atoms with Crippen LogP contribution >= 0.6 is 22.9 Å². The maximum absolute atomic E-state index is 14.5. The van der Waals surface area contributed by atoms with Crippen LogP contribution in [-0.4, -0.2) is 27.0 Å². The zero-order valence-electron chi connectivity index (χ0n) is 16.6. The Balaban J connectivity index is 1.72. The summed E-state index contributed by atoms with van der Waals surface area (Å²) in [7, 11) is 0. The van der Waals surface area contributed by atoms with Crippen LogP contribution in [0.5, 0.6) is 0 Å². The number of fused-ring (bicyclic) bond motifs is 1. The molecule has 154 valence electrons. The fourth-order valence-electron chi connectivity index (χ4n) is 3.31. The normalized spacial score (nSPS) is 11.2. The standard InChI is InChI=1S/C22H20ClFN4OS/c1-14-7-8-15(2)20-19(14)26-22(30-20)28(11-4-10-27-12-9-25-13-27)21(29)18-16(23)5-3-6-17(18)24/h3,5-9,12-13H,4,10-11H2,1-2H3. The van der Waals surface area contributed by atoms with E-state index < -0.39 is 11.7 Å². The van der Waals surface area contributed by atoms with Crippen molar-refractivity contribution in [2.24, 2.45) is 0 Å². The molecule has 0 spiro atoms. The van der Waals surface area contributed by atoms with Crippen molar-refractivity contribution in [1.82, 2.24) is 14.5 Å². The molecular weight excluding hydrogens is 423 g/mol. The summed E-state index contributed by atoms with van der Waals surface area (Å²) in [6, 6.07) is 8.31. The molecule has 8 heteroatoms. The van der Waals surface area contributed by atoms with Crippen LogP contribution in [0, 0.1) is 19.7 Å². The minimum Gasteiger partial charge on any atom is -0.337 e. The van der Waals surface area contributed by atoms with Crippen molar-refractivity contribution < 1.29 is 9.18 Å². The lowest BCUT2D eigenvalue weighted by Gasteiger charge is -2.21. The van der Waals surface area contributed by atoms with Gasteiger partial charge in [-0.25, -0.2) is 14.4 Å². The molecular formula is C22H20ClFN4OS. The van der Waals surface area contributed by atoms with Gasteiger partial charge in [-0.3, -0.25) is 9.69 Å². The molecule has 1 amide bonds. The summed E-state index contributed by atoms with van der Waals surface area (Å²) in [5.74, 6) is -1.13. The first-order valence-electron chi connectivity index (χ1n) is 9.54. The number of benzene rings is 2. The minimum absolute atomic E-state index is 0.0908. The van der Waals surface area contributed by atoms with E-state index in [4.69, 9.17) is 16.6 Å². The highest BCUT2D eigenvalue weighted by atomic mass is 35.5. The fraction of sp³-hybridized carbons (Fsp3) is 0.227. The lowest BCUT2D eigenvalue weighted by atomic mass is 10.1. The van der Waals surface area contributed by atoms with Crippen molar-refractivity contribution in [2.75, 3.05) is 11.4 Å². The van der Waals surface area contributed by atoms with Crippen molar-refractivity contribution in [2.45, 2.75) is 26.8 Å². The number of hydrogen-bond donors (Lipinski definition) is 0. The monoisotopic (exact) mass is 442 g/mol. The third kappa shape index (κ3) is 3.95. The maximum atomic E-state index is 14.5. The zero-order chi connectivity index (χ0) is 21.3. The van der Waals surface area contributed by atoms with Crippen LogP contribution < -0.4 is 4.90 Å². The summed E-state index contributed by atoms with van der Waals surface area (Å²) in [6.07, 6.45) is 5.96. The minimum atomic E-state index is -0.638. The van der Waals surface area contributed by atoms with Crippen molar-refractivity contribution in [3.05, 3.63) is 76.6 Å². The Morgan fingerprint density at radius 1 is 1.23 bits per heavy atom. The van der Waals surface area contributed by atoms with Gasteiger partial charge in [0.15, 0.2) is 5.13 Å². The zero-order valence-corrected chi connectivity index (χ0v) is 18.2. The largest absolute Gasteiger partial charge is 0.337 e. The summed E-state index contributed by atoms with van der Waals surface area (Å²) in [4.78, 5) is 23.7. The van der Waals surface area contributed by atoms with Crippen LogP contribution in [0.25, 0.3) is 10.2 Å². The number of carbonyl (C=O) groups excluding carboxylic acids is 1. The van der Waals surface area contributed by atoms with Gasteiger partial charge in [-0.05, 0) is 43.5 Å². The van der Waals surface area contributed by atoms with Crippen LogP contribution in [0.4, 0.5) is 9.52 Å². The van der Waals surface area contributed by atoms with Gasteiger partial charge < -0.3 is 4.57 Å². The van der Waals surface area contributed by atoms with Gasteiger partial charge >= 0.3 is 0 Å². The van der Waals surface area contributed by atoms with E-state index in [1.165, 1.54) is 34.4 Å². The quantitative estimate of drug-likeness (QED) is 0.388. The molecule has 4 aromatic rings. The molecule has 0 atom stereocenters. The Kier molecular flexibility index (Phi) is 5.83. The van der Waals surface area contributed by atoms with E-state index in [1.54, 1.807) is 12.5 Å². The molecule has 0 aliphatic rings. The number of anilines is 1. The number of aromatic nitrogens is 3. The Hall–Kier alpha value is -2.77. The third-order valence-corrected chi connectivity index (χ3v) is 6.47. The molecule has 30 heavy (non-hydrogen) atoms. The SMILES string of the molecule is Cc1ccc(C)c2sc(N(CCCn3ccnc3)C(=O)c3c(F)cccc3Cl)nc12. The molecule has 0 radical (unpaired) electrons. The molecule has 0 saturated carbocycles. The fourth-order valence-corrected chi connectivity index (χ4v) is 4.70. The number of thiazole rings is 1. The Morgan fingerprint density at radius 2 is 2.03 bits per heavy atom. The predicted octanol–water partition coefficient (Wildman–Crippen LogP) is 5.64. The van der Waals surface area contributed by atoms with Crippen molar-refractivity contribution >= 4 is 44.2 Å². The van der Waals surface area contributed by atoms with E-state index in [0.29, 0.717) is 24.6 Å². The molecule has 0 N–H and O–H groups in total. The van der Waals surface area contributed by atoms with Gasteiger partial charge in [-0.1, -0.05) is 41.1 Å². The number of hydrogen-bond acceptors (Lipinski definition) is 4. The van der Waals surface area contributed by atoms with E-state index in [0.717, 1.165) is 21.3 Å². The molecule has 4 rings (SSSR count). The lowest BCUT2D eigenvalue weighted by molar-refractivity contribution is 0.0982. The number of rotatable bonds is 6. The molecule has 0 bridgehead atoms. The second-order valence-corrected chi connectivity index (χ2v) is 8.47. The molecule has 0 aliphatic heterocycles. The van der Waals surface area contributed by atoms with E-state index in [-0.39, 0.29) is 10.6 Å². The Labute approximate surface area is 182 Å². The van der Waals surface area contributed by atoms with Crippen molar-refractivity contribution in [3.8, 4) is 0 Å². The summed E-state index contributed by atoms with van der Waals surface area (Å²) in [5, 5.41) is 0.630. The van der Waals surface area contributed by atoms with Crippen LogP contribution in [0.1, 0.15) is 27.9 Å². The average molecular weight is 443 g/mol. The topological polar surface area (TPSA) is 51.0 Å². The van der Waals surface area contributed by atoms with Crippen LogP contribution in [0.15, 0.2) is 49.1 Å². The van der Waals surface area contributed by atoms with Gasteiger partial charge in [0, 0.05) is 25.5 Å². The van der Waals surface area contributed by atoms with Gasteiger partial charge in [0.05, 0.1) is 27.1 Å². The average Bonchev–Trinajstić information content (AvgIpc) is 3.38. The summed E-state index contributed by atoms with van der Waals surface area (Å²) in [5.41, 5.74) is 2.86. The van der Waals surface area contributed by atoms with E-state index in [9.17, 15) is 9.18 Å². The first-order valence-corrected chi connectivity index (χ1v) is 10.7. The first-order chi connectivity index (χ1) is 14.5. The smallest absolute Gasteiger partial charge is 0.264 e. The Bertz CT molecular complexity index is 1150. The van der Waals surface area contributed by atoms with E-state index >= 15 is 0 Å². The predicted molar refractivity (Wildman–Crippen MR) is 119 cm³/mol. The molecule has 2 aromatic heterocycles. The molecule has 0 fully saturated rings. The van der Waals surface area contributed by atoms with Crippen molar-refractivity contribution in [3.63, 3.8) is 0 Å². The number of carbonyl (C=O) groups is 1. The van der Waals surface area contributed by atoms with Crippen molar-refractivity contribution in [1.29, 1.82) is 0 Å². The van der Waals surface area contributed by atoms with Crippen LogP contribution in [0.3, 0.4) is 0 Å². The number of amides is 1. The van der Waals surface area contributed by atoms with Gasteiger partial charge in [-0.2, -0.15) is 0 Å². The summed E-state index contributed by atoms with van der Waals surface area (Å²) < 4.78 is 17.5. The highest BCUT2D eigenvalue weighted by molar-refractivity contribution is 7.22. The van der Waals surface area contributed by atoms with E-state index in [1.807, 2.05) is 36.7 Å². The number of halogens is 2. The molecule has 2 heterocycles. The molecule has 5 nitrogen and oxygen atoms in total. The first kappa shape index (κ1) is 20.5. The second kappa shape index (κ2) is 8.53. The molecule has 0 unspecified atom stereocenters. The van der Waals surface area contributed by atoms with Gasteiger partial charge in [0.2, 0.25) is 0 Å². The number of imidazole rings is 1.